The smallest absolute Gasteiger partial charge is 0.240 e. The molecule has 3 N–H and O–H groups in total. The zero-order chi connectivity index (χ0) is 10.9. The lowest BCUT2D eigenvalue weighted by Gasteiger charge is -2.10. The third-order valence-corrected chi connectivity index (χ3v) is 2.78. The van der Waals surface area contributed by atoms with Crippen LogP contribution in [-0.2, 0) is 11.3 Å². The molecule has 0 spiro atoms. The van der Waals surface area contributed by atoms with Gasteiger partial charge in [-0.05, 0) is 31.4 Å². The van der Waals surface area contributed by atoms with Crippen LogP contribution in [0.1, 0.15) is 24.1 Å². The highest BCUT2D eigenvalue weighted by molar-refractivity contribution is 5.88. The van der Waals surface area contributed by atoms with E-state index in [2.05, 4.69) is 10.3 Å². The molecule has 1 aliphatic rings. The predicted octanol–water partition coefficient (Wildman–Crippen LogP) is 0.498. The molecule has 2 rings (SSSR count). The Balaban J connectivity index is 1.93. The van der Waals surface area contributed by atoms with Gasteiger partial charge in [-0.2, -0.15) is 0 Å². The minimum Gasteiger partial charge on any atom is -0.349 e. The molecule has 1 aromatic heterocycles. The van der Waals surface area contributed by atoms with Crippen molar-refractivity contribution in [2.75, 3.05) is 0 Å². The quantitative estimate of drug-likeness (QED) is 0.755. The van der Waals surface area contributed by atoms with Crippen LogP contribution in [-0.4, -0.2) is 16.4 Å². The summed E-state index contributed by atoms with van der Waals surface area (Å²) in [5, 5.41) is 2.82. The highest BCUT2D eigenvalue weighted by atomic mass is 16.2. The number of carbonyl (C=O) groups is 1. The fourth-order valence-electron chi connectivity index (χ4n) is 1.41. The minimum atomic E-state index is -0.595. The number of nitrogens with two attached hydrogens (primary N) is 1. The maximum absolute atomic E-state index is 11.5. The Morgan fingerprint density at radius 1 is 1.67 bits per heavy atom. The molecule has 1 heterocycles. The van der Waals surface area contributed by atoms with E-state index in [1.54, 1.807) is 6.20 Å². The summed E-state index contributed by atoms with van der Waals surface area (Å²) in [5.74, 6) is -0.0625. The number of nitrogens with zero attached hydrogens (tertiary/aromatic N) is 1. The number of carbonyl (C=O) groups excluding carboxylic acids is 1. The van der Waals surface area contributed by atoms with Gasteiger partial charge in [-0.15, -0.1) is 0 Å². The van der Waals surface area contributed by atoms with Gasteiger partial charge in [0.1, 0.15) is 0 Å². The van der Waals surface area contributed by atoms with E-state index in [-0.39, 0.29) is 5.91 Å². The van der Waals surface area contributed by atoms with Gasteiger partial charge in [0.05, 0.1) is 17.8 Å². The molecule has 1 aliphatic carbocycles. The normalized spacial score (nSPS) is 17.2. The summed E-state index contributed by atoms with van der Waals surface area (Å²) in [4.78, 5) is 15.7. The molecule has 15 heavy (non-hydrogen) atoms. The van der Waals surface area contributed by atoms with E-state index in [1.165, 1.54) is 0 Å². The average molecular weight is 205 g/mol. The van der Waals surface area contributed by atoms with E-state index in [4.69, 9.17) is 5.73 Å². The highest BCUT2D eigenvalue weighted by Gasteiger charge is 2.45. The number of rotatable bonds is 3. The van der Waals surface area contributed by atoms with E-state index in [0.29, 0.717) is 6.54 Å². The molecule has 80 valence electrons. The number of aromatic nitrogens is 1. The van der Waals surface area contributed by atoms with Crippen molar-refractivity contribution in [2.45, 2.75) is 31.8 Å². The second-order valence-electron chi connectivity index (χ2n) is 4.11. The van der Waals surface area contributed by atoms with E-state index in [1.807, 2.05) is 19.1 Å². The summed E-state index contributed by atoms with van der Waals surface area (Å²) in [5.41, 5.74) is 7.15. The average Bonchev–Trinajstić information content (AvgIpc) is 2.96. The Morgan fingerprint density at radius 2 is 2.40 bits per heavy atom. The van der Waals surface area contributed by atoms with Gasteiger partial charge in [-0.25, -0.2) is 0 Å². The Bertz CT molecular complexity index is 385. The van der Waals surface area contributed by atoms with Crippen LogP contribution in [0.3, 0.4) is 0 Å². The van der Waals surface area contributed by atoms with Crippen molar-refractivity contribution in [3.63, 3.8) is 0 Å². The molecule has 4 nitrogen and oxygen atoms in total. The van der Waals surface area contributed by atoms with Crippen molar-refractivity contribution >= 4 is 5.91 Å². The Hall–Kier alpha value is -1.42. The van der Waals surface area contributed by atoms with Gasteiger partial charge < -0.3 is 11.1 Å². The second-order valence-corrected chi connectivity index (χ2v) is 4.11. The number of hydrogen-bond acceptors (Lipinski definition) is 3. The Morgan fingerprint density at radius 3 is 3.00 bits per heavy atom. The van der Waals surface area contributed by atoms with Gasteiger partial charge in [0, 0.05) is 6.20 Å². The van der Waals surface area contributed by atoms with Crippen molar-refractivity contribution in [2.24, 2.45) is 5.73 Å². The molecule has 4 heteroatoms. The van der Waals surface area contributed by atoms with Crippen molar-refractivity contribution in [3.05, 3.63) is 29.6 Å². The third kappa shape index (κ3) is 2.15. The van der Waals surface area contributed by atoms with Crippen LogP contribution in [0.5, 0.6) is 0 Å². The summed E-state index contributed by atoms with van der Waals surface area (Å²) < 4.78 is 0. The first-order valence-electron chi connectivity index (χ1n) is 5.09. The van der Waals surface area contributed by atoms with E-state index >= 15 is 0 Å². The first-order chi connectivity index (χ1) is 7.12. The molecule has 0 radical (unpaired) electrons. The van der Waals surface area contributed by atoms with Gasteiger partial charge >= 0.3 is 0 Å². The van der Waals surface area contributed by atoms with Crippen LogP contribution < -0.4 is 11.1 Å². The van der Waals surface area contributed by atoms with Gasteiger partial charge in [0.15, 0.2) is 0 Å². The van der Waals surface area contributed by atoms with Crippen LogP contribution in [0.15, 0.2) is 18.3 Å². The van der Waals surface area contributed by atoms with Crippen LogP contribution in [0.4, 0.5) is 0 Å². The second kappa shape index (κ2) is 3.62. The first kappa shape index (κ1) is 10.1. The summed E-state index contributed by atoms with van der Waals surface area (Å²) in [7, 11) is 0. The van der Waals surface area contributed by atoms with Crippen molar-refractivity contribution in [1.29, 1.82) is 0 Å². The highest BCUT2D eigenvalue weighted by Crippen LogP contribution is 2.32. The van der Waals surface area contributed by atoms with Crippen LogP contribution in [0, 0.1) is 6.92 Å². The summed E-state index contributed by atoms with van der Waals surface area (Å²) in [6.45, 7) is 2.44. The van der Waals surface area contributed by atoms with Crippen LogP contribution >= 0.6 is 0 Å². The first-order valence-corrected chi connectivity index (χ1v) is 5.09. The zero-order valence-corrected chi connectivity index (χ0v) is 8.79. The van der Waals surface area contributed by atoms with Gasteiger partial charge in [0.25, 0.3) is 0 Å². The van der Waals surface area contributed by atoms with Crippen LogP contribution in [0.25, 0.3) is 0 Å². The molecule has 0 bridgehead atoms. The fourth-order valence-corrected chi connectivity index (χ4v) is 1.41. The zero-order valence-electron chi connectivity index (χ0n) is 8.79. The molecule has 0 saturated heterocycles. The van der Waals surface area contributed by atoms with Gasteiger partial charge in [-0.3, -0.25) is 9.78 Å². The lowest BCUT2D eigenvalue weighted by atomic mass is 10.2. The molecule has 1 saturated carbocycles. The lowest BCUT2D eigenvalue weighted by molar-refractivity contribution is -0.123. The molecular formula is C11H15N3O. The standard InChI is InChI=1S/C11H15N3O/c1-8-3-2-6-13-9(8)7-14-10(15)11(12)4-5-11/h2-3,6H,4-5,7,12H2,1H3,(H,14,15). The van der Waals surface area contributed by atoms with E-state index in [0.717, 1.165) is 24.1 Å². The number of hydrogen-bond donors (Lipinski definition) is 2. The summed E-state index contributed by atoms with van der Waals surface area (Å²) in [6.07, 6.45) is 3.31. The monoisotopic (exact) mass is 205 g/mol. The molecule has 0 aromatic carbocycles. The molecule has 0 unspecified atom stereocenters. The minimum absolute atomic E-state index is 0.0625. The molecular weight excluding hydrogens is 190 g/mol. The fraction of sp³-hybridized carbons (Fsp3) is 0.455. The lowest BCUT2D eigenvalue weighted by Crippen LogP contribution is -2.42. The molecule has 1 amide bonds. The number of pyridine rings is 1. The third-order valence-electron chi connectivity index (χ3n) is 2.78. The molecule has 1 aromatic rings. The largest absolute Gasteiger partial charge is 0.349 e. The molecule has 0 atom stereocenters. The van der Waals surface area contributed by atoms with E-state index in [9.17, 15) is 4.79 Å². The Kier molecular flexibility index (Phi) is 2.44. The molecule has 1 fully saturated rings. The SMILES string of the molecule is Cc1cccnc1CNC(=O)C1(N)CC1. The topological polar surface area (TPSA) is 68.0 Å². The van der Waals surface area contributed by atoms with Crippen molar-refractivity contribution < 1.29 is 4.79 Å². The number of aryl methyl sites for hydroxylation is 1. The van der Waals surface area contributed by atoms with Crippen molar-refractivity contribution in [1.82, 2.24) is 10.3 Å². The van der Waals surface area contributed by atoms with Crippen LogP contribution in [0.2, 0.25) is 0 Å². The predicted molar refractivity (Wildman–Crippen MR) is 57.0 cm³/mol. The maximum atomic E-state index is 11.5. The van der Waals surface area contributed by atoms with Gasteiger partial charge in [-0.1, -0.05) is 6.07 Å². The maximum Gasteiger partial charge on any atom is 0.240 e. The Labute approximate surface area is 88.9 Å². The number of amides is 1. The summed E-state index contributed by atoms with van der Waals surface area (Å²) >= 11 is 0. The van der Waals surface area contributed by atoms with Gasteiger partial charge in [0.2, 0.25) is 5.91 Å². The summed E-state index contributed by atoms with van der Waals surface area (Å²) in [6, 6.07) is 3.86. The molecule has 0 aliphatic heterocycles. The number of nitrogens with one attached hydrogen (secondary N) is 1. The van der Waals surface area contributed by atoms with E-state index < -0.39 is 5.54 Å². The van der Waals surface area contributed by atoms with Crippen molar-refractivity contribution in [3.8, 4) is 0 Å².